The van der Waals surface area contributed by atoms with Crippen LogP contribution in [0, 0.1) is 5.82 Å². The monoisotopic (exact) mass is 407 g/mol. The van der Waals surface area contributed by atoms with Crippen LogP contribution in [0.25, 0.3) is 16.0 Å². The van der Waals surface area contributed by atoms with Gasteiger partial charge in [0.05, 0.1) is 12.3 Å². The second kappa shape index (κ2) is 6.65. The van der Waals surface area contributed by atoms with Gasteiger partial charge in [0.25, 0.3) is 0 Å². The van der Waals surface area contributed by atoms with Gasteiger partial charge in [-0.25, -0.2) is 22.8 Å². The SMILES string of the molecule is [N-]=[N+]=N[C@]1(COP(=O)(O)O)O[C@@H](c2cc(F)c3c(N)ncnn23)[C@H](F)[C@@H]1O. The predicted molar refractivity (Wildman–Crippen MR) is 82.0 cm³/mol. The van der Waals surface area contributed by atoms with E-state index < -0.39 is 44.4 Å². The number of ether oxygens (including phenoxy) is 1. The Balaban J connectivity index is 2.05. The Labute approximate surface area is 148 Å². The molecule has 4 atom stereocenters. The maximum atomic E-state index is 14.7. The number of azide groups is 1. The van der Waals surface area contributed by atoms with Gasteiger partial charge in [0.2, 0.25) is 0 Å². The number of halogens is 2. The van der Waals surface area contributed by atoms with E-state index in [-0.39, 0.29) is 17.0 Å². The molecule has 2 aromatic rings. The lowest BCUT2D eigenvalue weighted by Gasteiger charge is -2.26. The first-order chi connectivity index (χ1) is 12.6. The van der Waals surface area contributed by atoms with Crippen molar-refractivity contribution in [2.75, 3.05) is 12.3 Å². The molecule has 0 spiro atoms. The second-order valence-corrected chi connectivity index (χ2v) is 6.79. The molecule has 0 bridgehead atoms. The third-order valence-corrected chi connectivity index (χ3v) is 4.36. The molecule has 1 aliphatic rings. The van der Waals surface area contributed by atoms with Gasteiger partial charge in [-0.2, -0.15) is 5.10 Å². The number of hydrogen-bond acceptors (Lipinski definition) is 8. The predicted octanol–water partition coefficient (Wildman–Crippen LogP) is 0.337. The van der Waals surface area contributed by atoms with Crippen LogP contribution < -0.4 is 5.73 Å². The third-order valence-electron chi connectivity index (χ3n) is 3.89. The molecule has 1 fully saturated rings. The van der Waals surface area contributed by atoms with Crippen LogP contribution in [0.4, 0.5) is 14.6 Å². The quantitative estimate of drug-likeness (QED) is 0.233. The smallest absolute Gasteiger partial charge is 0.387 e. The number of aliphatic hydroxyl groups excluding tert-OH is 1. The van der Waals surface area contributed by atoms with Crippen LogP contribution in [0.15, 0.2) is 17.5 Å². The van der Waals surface area contributed by atoms with Crippen LogP contribution in [-0.4, -0.2) is 54.1 Å². The lowest BCUT2D eigenvalue weighted by atomic mass is 10.0. The van der Waals surface area contributed by atoms with Crippen LogP contribution in [0.3, 0.4) is 0 Å². The van der Waals surface area contributed by atoms with E-state index in [1.165, 1.54) is 0 Å². The number of aromatic nitrogens is 3. The van der Waals surface area contributed by atoms with Crippen LogP contribution >= 0.6 is 7.82 Å². The summed E-state index contributed by atoms with van der Waals surface area (Å²) in [4.78, 5) is 23.6. The molecule has 146 valence electrons. The zero-order chi connectivity index (χ0) is 20.0. The Morgan fingerprint density at radius 1 is 1.59 bits per heavy atom. The van der Waals surface area contributed by atoms with Crippen molar-refractivity contribution in [1.82, 2.24) is 14.6 Å². The van der Waals surface area contributed by atoms with Gasteiger partial charge in [-0.3, -0.25) is 4.52 Å². The number of rotatable bonds is 5. The number of hydrogen-bond donors (Lipinski definition) is 4. The van der Waals surface area contributed by atoms with Crippen LogP contribution in [0.5, 0.6) is 0 Å². The summed E-state index contributed by atoms with van der Waals surface area (Å²) in [7, 11) is -5.06. The van der Waals surface area contributed by atoms with Crippen LogP contribution in [-0.2, 0) is 13.8 Å². The van der Waals surface area contributed by atoms with Gasteiger partial charge in [0, 0.05) is 11.0 Å². The summed E-state index contributed by atoms with van der Waals surface area (Å²) >= 11 is 0. The highest BCUT2D eigenvalue weighted by atomic mass is 31.2. The zero-order valence-corrected chi connectivity index (χ0v) is 14.0. The Morgan fingerprint density at radius 2 is 2.30 bits per heavy atom. The summed E-state index contributed by atoms with van der Waals surface area (Å²) in [5.74, 6) is -1.14. The number of anilines is 1. The molecular weight excluding hydrogens is 395 g/mol. The average Bonchev–Trinajstić information content (AvgIpc) is 3.04. The number of phosphoric ester groups is 1. The van der Waals surface area contributed by atoms with Gasteiger partial charge < -0.3 is 25.4 Å². The molecule has 27 heavy (non-hydrogen) atoms. The van der Waals surface area contributed by atoms with Crippen LogP contribution in [0.1, 0.15) is 11.8 Å². The van der Waals surface area contributed by atoms with Crippen molar-refractivity contribution in [3.05, 3.63) is 34.3 Å². The lowest BCUT2D eigenvalue weighted by Crippen LogP contribution is -2.44. The van der Waals surface area contributed by atoms with E-state index in [0.717, 1.165) is 16.9 Å². The lowest BCUT2D eigenvalue weighted by molar-refractivity contribution is -0.106. The summed E-state index contributed by atoms with van der Waals surface area (Å²) in [6.45, 7) is -1.16. The molecule has 2 aromatic heterocycles. The number of nitrogens with two attached hydrogens (primary N) is 1. The fraction of sp³-hybridized carbons (Fsp3) is 0.455. The number of nitrogen functional groups attached to an aromatic ring is 1. The Bertz CT molecular complexity index is 978. The molecule has 16 heteroatoms. The van der Waals surface area contributed by atoms with E-state index in [4.69, 9.17) is 25.8 Å². The second-order valence-electron chi connectivity index (χ2n) is 5.55. The molecule has 0 saturated carbocycles. The number of phosphoric acid groups is 1. The maximum Gasteiger partial charge on any atom is 0.469 e. The Hall–Kier alpha value is -2.38. The van der Waals surface area contributed by atoms with Gasteiger partial charge in [0.1, 0.15) is 24.1 Å². The van der Waals surface area contributed by atoms with Crippen LogP contribution in [0.2, 0.25) is 0 Å². The molecule has 0 aromatic carbocycles. The highest BCUT2D eigenvalue weighted by Crippen LogP contribution is 2.46. The molecule has 1 saturated heterocycles. The van der Waals surface area contributed by atoms with E-state index in [9.17, 15) is 18.5 Å². The van der Waals surface area contributed by atoms with E-state index in [1.54, 1.807) is 0 Å². The molecule has 0 unspecified atom stereocenters. The minimum Gasteiger partial charge on any atom is -0.387 e. The molecule has 1 aliphatic heterocycles. The largest absolute Gasteiger partial charge is 0.469 e. The first kappa shape index (κ1) is 19.4. The van der Waals surface area contributed by atoms with Gasteiger partial charge in [-0.05, 0) is 5.53 Å². The average molecular weight is 407 g/mol. The van der Waals surface area contributed by atoms with Gasteiger partial charge >= 0.3 is 7.82 Å². The number of fused-ring (bicyclic) bond motifs is 1. The summed E-state index contributed by atoms with van der Waals surface area (Å²) < 4.78 is 50.1. The third kappa shape index (κ3) is 3.33. The van der Waals surface area contributed by atoms with Gasteiger partial charge in [-0.1, -0.05) is 5.11 Å². The van der Waals surface area contributed by atoms with Crippen molar-refractivity contribution in [3.63, 3.8) is 0 Å². The fourth-order valence-corrected chi connectivity index (χ4v) is 3.08. The Kier molecular flexibility index (Phi) is 4.78. The van der Waals surface area contributed by atoms with E-state index >= 15 is 0 Å². The molecule has 0 radical (unpaired) electrons. The Morgan fingerprint density at radius 3 is 2.93 bits per heavy atom. The minimum atomic E-state index is -5.06. The fourth-order valence-electron chi connectivity index (χ4n) is 2.72. The standard InChI is InChI=1S/C11H12F2N7O6P/c12-4-1-5(20-7(4)10(14)16-3-17-20)8-6(13)9(21)11(26-8,18-19-15)2-25-27(22,23)24/h1,3,6,8-9,21H,2H2,(H2,14,16,17)(H2,22,23,24)/t6-,8-,9-,11+/m0/s1. The van der Waals surface area contributed by atoms with E-state index in [1.807, 2.05) is 0 Å². The molecule has 3 heterocycles. The summed E-state index contributed by atoms with van der Waals surface area (Å²) in [6, 6.07) is 0.834. The molecule has 5 N–H and O–H groups in total. The highest BCUT2D eigenvalue weighted by molar-refractivity contribution is 7.46. The highest BCUT2D eigenvalue weighted by Gasteiger charge is 2.57. The first-order valence-corrected chi connectivity index (χ1v) is 8.66. The van der Waals surface area contributed by atoms with E-state index in [0.29, 0.717) is 0 Å². The van der Waals surface area contributed by atoms with Crippen molar-refractivity contribution in [1.29, 1.82) is 0 Å². The van der Waals surface area contributed by atoms with Crippen molar-refractivity contribution in [2.24, 2.45) is 5.11 Å². The molecule has 0 aliphatic carbocycles. The summed E-state index contributed by atoms with van der Waals surface area (Å²) in [6.07, 6.45) is -5.22. The molecule has 3 rings (SSSR count). The molecule has 13 nitrogen and oxygen atoms in total. The first-order valence-electron chi connectivity index (χ1n) is 7.13. The zero-order valence-electron chi connectivity index (χ0n) is 13.1. The maximum absolute atomic E-state index is 14.7. The topological polar surface area (TPSA) is 201 Å². The number of alkyl halides is 1. The van der Waals surface area contributed by atoms with E-state index in [2.05, 4.69) is 24.6 Å². The summed E-state index contributed by atoms with van der Waals surface area (Å²) in [5, 5.41) is 17.0. The van der Waals surface area contributed by atoms with Gasteiger partial charge in [-0.15, -0.1) is 0 Å². The van der Waals surface area contributed by atoms with Crippen molar-refractivity contribution >= 4 is 19.2 Å². The van der Waals surface area contributed by atoms with Crippen molar-refractivity contribution in [2.45, 2.75) is 24.1 Å². The molecular formula is C11H12F2N7O6P. The molecule has 0 amide bonds. The number of aliphatic hydroxyl groups is 1. The minimum absolute atomic E-state index is 0.241. The summed E-state index contributed by atoms with van der Waals surface area (Å²) in [5.41, 5.74) is 11.2. The van der Waals surface area contributed by atoms with Crippen molar-refractivity contribution < 1.29 is 37.5 Å². The normalized spacial score (nSPS) is 28.4. The van der Waals surface area contributed by atoms with Crippen molar-refractivity contribution in [3.8, 4) is 0 Å². The van der Waals surface area contributed by atoms with Gasteiger partial charge in [0.15, 0.2) is 23.5 Å². The number of nitrogens with zero attached hydrogens (tertiary/aromatic N) is 6.